The third kappa shape index (κ3) is 8.54. The number of hydrogen-bond acceptors (Lipinski definition) is 6. The van der Waals surface area contributed by atoms with E-state index in [1.807, 2.05) is 39.0 Å². The molecule has 0 atom stereocenters. The zero-order chi connectivity index (χ0) is 26.0. The molecule has 0 spiro atoms. The molecular formula is C25H39N5O5. The number of ether oxygens (including phenoxy) is 1. The number of rotatable bonds is 7. The predicted octanol–water partition coefficient (Wildman–Crippen LogP) is 1.05. The highest BCUT2D eigenvalue weighted by Crippen LogP contribution is 2.15. The summed E-state index contributed by atoms with van der Waals surface area (Å²) >= 11 is 0. The minimum Gasteiger partial charge on any atom is -0.554 e. The van der Waals surface area contributed by atoms with E-state index in [4.69, 9.17) is 14.6 Å². The van der Waals surface area contributed by atoms with Gasteiger partial charge in [0.15, 0.2) is 11.0 Å². The number of nitrogens with zero attached hydrogens (tertiary/aromatic N) is 3. The number of carboxylic acid groups (broad SMARTS) is 1. The average molecular weight is 490 g/mol. The van der Waals surface area contributed by atoms with Gasteiger partial charge in [-0.3, -0.25) is 4.79 Å². The number of nitrogens with one attached hydrogen (secondary N) is 2. The normalized spacial score (nSPS) is 14.7. The summed E-state index contributed by atoms with van der Waals surface area (Å²) in [5.74, 6) is -0.0414. The first-order valence-electron chi connectivity index (χ1n) is 12.2. The van der Waals surface area contributed by atoms with Gasteiger partial charge in [-0.1, -0.05) is 0 Å². The van der Waals surface area contributed by atoms with Crippen molar-refractivity contribution in [2.45, 2.75) is 72.2 Å². The maximum Gasteiger partial charge on any atom is 0.407 e. The number of hydrogen-bond donors (Lipinski definition) is 2. The Morgan fingerprint density at radius 3 is 2.46 bits per heavy atom. The zero-order valence-corrected chi connectivity index (χ0v) is 21.5. The van der Waals surface area contributed by atoms with Crippen molar-refractivity contribution in [3.63, 3.8) is 0 Å². The molecule has 194 valence electrons. The number of imidazole rings is 1. The highest BCUT2D eigenvalue weighted by Gasteiger charge is 2.23. The molecule has 2 amide bonds. The molecule has 1 aromatic heterocycles. The molecule has 10 heteroatoms. The molecule has 2 aromatic rings. The summed E-state index contributed by atoms with van der Waals surface area (Å²) in [7, 11) is 0. The Bertz CT molecular complexity index is 990. The van der Waals surface area contributed by atoms with Crippen LogP contribution in [0.3, 0.4) is 0 Å². The van der Waals surface area contributed by atoms with Gasteiger partial charge in [-0.2, -0.15) is 0 Å². The van der Waals surface area contributed by atoms with Crippen LogP contribution in [0.2, 0.25) is 0 Å². The molecule has 3 rings (SSSR count). The van der Waals surface area contributed by atoms with Crippen LogP contribution in [0.4, 0.5) is 4.79 Å². The number of aryl methyl sites for hydroxylation is 2. The number of carbonyl (C=O) groups is 3. The molecule has 0 radical (unpaired) electrons. The van der Waals surface area contributed by atoms with Crippen LogP contribution in [0, 0.1) is 0 Å². The van der Waals surface area contributed by atoms with Gasteiger partial charge >= 0.3 is 6.09 Å². The first kappa shape index (κ1) is 28.1. The molecule has 1 saturated heterocycles. The summed E-state index contributed by atoms with van der Waals surface area (Å²) in [6, 6.07) is 6.05. The molecule has 0 bridgehead atoms. The highest BCUT2D eigenvalue weighted by atomic mass is 16.6. The standard InChI is InChI=1S/C24H37N5O3.CH2O2/c1-6-28-17-29(7-2)21-16-18(8-9-20(21)28)22(30)25-12-15-27-13-10-19(11-14-27)26-23(31)32-24(3,4)5;2-1-3/h8-9,16-17,19H,6-7,10-15H2,1-5H3,(H-,25,26,30,31);1H,(H,2,3). The number of carbonyl (C=O) groups excluding carboxylic acids is 3. The summed E-state index contributed by atoms with van der Waals surface area (Å²) in [5, 5.41) is 14.3. The van der Waals surface area contributed by atoms with Crippen LogP contribution in [0.1, 0.15) is 57.8 Å². The molecule has 10 nitrogen and oxygen atoms in total. The number of fused-ring (bicyclic) bond motifs is 1. The molecule has 0 aliphatic carbocycles. The van der Waals surface area contributed by atoms with E-state index in [0.717, 1.165) is 56.6 Å². The number of benzene rings is 1. The first-order chi connectivity index (χ1) is 16.6. The van der Waals surface area contributed by atoms with Crippen molar-refractivity contribution in [1.29, 1.82) is 0 Å². The number of alkyl carbamates (subject to hydrolysis) is 1. The van der Waals surface area contributed by atoms with Crippen LogP contribution >= 0.6 is 0 Å². The fraction of sp³-hybridized carbons (Fsp3) is 0.600. The van der Waals surface area contributed by atoms with Gasteiger partial charge in [0.25, 0.3) is 5.91 Å². The van der Waals surface area contributed by atoms with Crippen LogP contribution in [0.25, 0.3) is 11.0 Å². The summed E-state index contributed by atoms with van der Waals surface area (Å²) in [5.41, 5.74) is 2.44. The summed E-state index contributed by atoms with van der Waals surface area (Å²) < 4.78 is 9.70. The molecule has 1 fully saturated rings. The van der Waals surface area contributed by atoms with Crippen molar-refractivity contribution < 1.29 is 28.8 Å². The summed E-state index contributed by atoms with van der Waals surface area (Å²) in [4.78, 5) is 35.2. The molecule has 0 saturated carbocycles. The lowest BCUT2D eigenvalue weighted by Gasteiger charge is -2.32. The van der Waals surface area contributed by atoms with Crippen LogP contribution < -0.4 is 20.3 Å². The van der Waals surface area contributed by atoms with Crippen molar-refractivity contribution in [2.75, 3.05) is 26.2 Å². The van der Waals surface area contributed by atoms with Gasteiger partial charge in [0, 0.05) is 50.3 Å². The van der Waals surface area contributed by atoms with Crippen LogP contribution in [0.15, 0.2) is 24.5 Å². The SMILES string of the molecule is CCn1c[n+](CC)c2ccc(C(=O)NCCN3CCC(NC(=O)OC(C)(C)C)CC3)cc21.O=C[O-]. The predicted molar refractivity (Wildman–Crippen MR) is 131 cm³/mol. The van der Waals surface area contributed by atoms with Gasteiger partial charge in [0.1, 0.15) is 5.60 Å². The second-order valence-electron chi connectivity index (χ2n) is 9.51. The van der Waals surface area contributed by atoms with E-state index in [0.29, 0.717) is 12.1 Å². The van der Waals surface area contributed by atoms with E-state index in [1.54, 1.807) is 0 Å². The van der Waals surface area contributed by atoms with E-state index >= 15 is 0 Å². The van der Waals surface area contributed by atoms with Gasteiger partial charge in [-0.05, 0) is 59.6 Å². The Morgan fingerprint density at radius 1 is 1.23 bits per heavy atom. The molecule has 1 aromatic carbocycles. The maximum absolute atomic E-state index is 12.7. The van der Waals surface area contributed by atoms with Crippen molar-refractivity contribution in [2.24, 2.45) is 0 Å². The first-order valence-corrected chi connectivity index (χ1v) is 12.2. The number of amides is 2. The number of aromatic nitrogens is 2. The Kier molecular flexibility index (Phi) is 10.5. The topological polar surface area (TPSA) is 120 Å². The third-order valence-corrected chi connectivity index (χ3v) is 5.84. The smallest absolute Gasteiger partial charge is 0.407 e. The van der Waals surface area contributed by atoms with Gasteiger partial charge < -0.3 is 30.2 Å². The summed E-state index contributed by atoms with van der Waals surface area (Å²) in [6.45, 7) is 14.3. The molecule has 2 N–H and O–H groups in total. The lowest BCUT2D eigenvalue weighted by atomic mass is 10.1. The van der Waals surface area contributed by atoms with Gasteiger partial charge in [0.2, 0.25) is 6.33 Å². The summed E-state index contributed by atoms with van der Waals surface area (Å²) in [6.07, 6.45) is 3.52. The lowest BCUT2D eigenvalue weighted by molar-refractivity contribution is -0.668. The van der Waals surface area contributed by atoms with Crippen molar-refractivity contribution in [3.8, 4) is 0 Å². The van der Waals surface area contributed by atoms with Crippen LogP contribution in [0.5, 0.6) is 0 Å². The van der Waals surface area contributed by atoms with Crippen molar-refractivity contribution >= 4 is 29.5 Å². The Morgan fingerprint density at radius 2 is 1.89 bits per heavy atom. The van der Waals surface area contributed by atoms with Gasteiger partial charge in [0.05, 0.1) is 13.1 Å². The number of likely N-dealkylation sites (tertiary alicyclic amines) is 1. The van der Waals surface area contributed by atoms with Crippen LogP contribution in [-0.4, -0.2) is 65.8 Å². The van der Waals surface area contributed by atoms with Crippen LogP contribution in [-0.2, 0) is 22.6 Å². The minimum absolute atomic E-state index is 0.0414. The molecule has 0 unspecified atom stereocenters. The largest absolute Gasteiger partial charge is 0.554 e. The Balaban J connectivity index is 0.00000137. The van der Waals surface area contributed by atoms with E-state index in [1.165, 1.54) is 0 Å². The molecule has 1 aliphatic heterocycles. The van der Waals surface area contributed by atoms with E-state index in [2.05, 4.69) is 44.8 Å². The molecule has 35 heavy (non-hydrogen) atoms. The average Bonchev–Trinajstić information content (AvgIpc) is 3.16. The molecule has 1 aliphatic rings. The fourth-order valence-electron chi connectivity index (χ4n) is 4.14. The zero-order valence-electron chi connectivity index (χ0n) is 21.5. The second-order valence-corrected chi connectivity index (χ2v) is 9.51. The monoisotopic (exact) mass is 489 g/mol. The quantitative estimate of drug-likeness (QED) is 0.443. The maximum atomic E-state index is 12.7. The lowest BCUT2D eigenvalue weighted by Crippen LogP contribution is -2.47. The third-order valence-electron chi connectivity index (χ3n) is 5.84. The fourth-order valence-corrected chi connectivity index (χ4v) is 4.14. The Labute approximate surface area is 207 Å². The van der Waals surface area contributed by atoms with E-state index < -0.39 is 12.1 Å². The number of piperidine rings is 1. The Hall–Kier alpha value is -3.14. The van der Waals surface area contributed by atoms with E-state index in [9.17, 15) is 9.59 Å². The van der Waals surface area contributed by atoms with Gasteiger partial charge in [-0.15, -0.1) is 0 Å². The van der Waals surface area contributed by atoms with Crippen molar-refractivity contribution in [3.05, 3.63) is 30.1 Å². The second kappa shape index (κ2) is 13.1. The van der Waals surface area contributed by atoms with E-state index in [-0.39, 0.29) is 18.0 Å². The highest BCUT2D eigenvalue weighted by molar-refractivity contribution is 5.97. The molecular weight excluding hydrogens is 450 g/mol. The van der Waals surface area contributed by atoms with Gasteiger partial charge in [-0.25, -0.2) is 13.9 Å². The van der Waals surface area contributed by atoms with Crippen molar-refractivity contribution in [1.82, 2.24) is 20.1 Å². The molecule has 2 heterocycles. The minimum atomic E-state index is -0.500.